The van der Waals surface area contributed by atoms with E-state index in [0.29, 0.717) is 5.92 Å². The Balaban J connectivity index is 0.00000200. The first-order valence-electron chi connectivity index (χ1n) is 14.3. The molecule has 1 atom stereocenters. The molecule has 204 valence electrons. The van der Waals surface area contributed by atoms with E-state index in [-0.39, 0.29) is 35.6 Å². The van der Waals surface area contributed by atoms with Gasteiger partial charge >= 0.3 is 230 Å². The number of hydrogen-bond acceptors (Lipinski definition) is 0. The predicted octanol–water partition coefficient (Wildman–Crippen LogP) is 3.11. The average molecular weight is 629 g/mol. The third kappa shape index (κ3) is 5.69. The van der Waals surface area contributed by atoms with Gasteiger partial charge in [-0.15, -0.1) is 0 Å². The van der Waals surface area contributed by atoms with Gasteiger partial charge in [0.25, 0.3) is 0 Å². The first-order chi connectivity index (χ1) is 16.9. The summed E-state index contributed by atoms with van der Waals surface area (Å²) < 4.78 is 5.74. The second-order valence-electron chi connectivity index (χ2n) is 13.8. The summed E-state index contributed by atoms with van der Waals surface area (Å²) in [6, 6.07) is 12.4. The molecule has 1 unspecified atom stereocenters. The molecule has 3 aliphatic carbocycles. The van der Waals surface area contributed by atoms with Crippen LogP contribution in [0.15, 0.2) is 50.8 Å². The van der Waals surface area contributed by atoms with Crippen molar-refractivity contribution in [2.24, 2.45) is 5.92 Å². The molecule has 2 aromatic carbocycles. The molecule has 0 nitrogen and oxygen atoms in total. The van der Waals surface area contributed by atoms with E-state index in [1.54, 1.807) is 22.3 Å². The Labute approximate surface area is 252 Å². The summed E-state index contributed by atoms with van der Waals surface area (Å²) in [5.41, 5.74) is 12.9. The molecule has 1 fully saturated rings. The third-order valence-corrected chi connectivity index (χ3v) is 18.0. The molecule has 0 amide bonds. The normalized spacial score (nSPS) is 18.7. The Morgan fingerprint density at radius 3 is 1.97 bits per heavy atom. The molecule has 1 saturated carbocycles. The van der Waals surface area contributed by atoms with Crippen LogP contribution in [0.3, 0.4) is 0 Å². The van der Waals surface area contributed by atoms with Gasteiger partial charge in [-0.3, -0.25) is 0 Å². The second-order valence-corrected chi connectivity index (χ2v) is 19.9. The third-order valence-electron chi connectivity index (χ3n) is 9.03. The summed E-state index contributed by atoms with van der Waals surface area (Å²) in [7, 11) is 0. The van der Waals surface area contributed by atoms with Crippen LogP contribution >= 0.6 is 0 Å². The Bertz CT molecular complexity index is 1320. The number of rotatable bonds is 2. The molecule has 0 N–H and O–H groups in total. The zero-order valence-corrected chi connectivity index (χ0v) is 29.0. The van der Waals surface area contributed by atoms with Crippen LogP contribution in [0.1, 0.15) is 117 Å². The Morgan fingerprint density at radius 1 is 0.789 bits per heavy atom. The zero-order chi connectivity index (χ0) is 26.0. The van der Waals surface area contributed by atoms with Crippen molar-refractivity contribution in [1.29, 1.82) is 0 Å². The first-order valence-corrected chi connectivity index (χ1v) is 18.0. The Kier molecular flexibility index (Phi) is 9.72. The van der Waals surface area contributed by atoms with Crippen LogP contribution in [0.2, 0.25) is 0 Å². The number of fused-ring (bicyclic) bond motifs is 3. The molecule has 0 radical (unpaired) electrons. The van der Waals surface area contributed by atoms with Gasteiger partial charge in [0.15, 0.2) is 0 Å². The fraction of sp³-hybridized carbons (Fsp3) is 0.514. The fourth-order valence-corrected chi connectivity index (χ4v) is 17.3. The van der Waals surface area contributed by atoms with E-state index < -0.39 is 21.3 Å². The van der Waals surface area contributed by atoms with E-state index in [2.05, 4.69) is 98.7 Å². The van der Waals surface area contributed by atoms with Gasteiger partial charge in [-0.25, -0.2) is 0 Å². The number of allylic oxidation sites excluding steroid dienone is 4. The maximum absolute atomic E-state index is 2.57. The minimum Gasteiger partial charge on any atom is -1.00 e. The van der Waals surface area contributed by atoms with E-state index in [4.69, 9.17) is 0 Å². The van der Waals surface area contributed by atoms with E-state index in [1.807, 2.05) is 9.76 Å². The van der Waals surface area contributed by atoms with E-state index in [0.717, 1.165) is 6.42 Å². The zero-order valence-electron chi connectivity index (χ0n) is 25.0. The van der Waals surface area contributed by atoms with Crippen LogP contribution in [0.5, 0.6) is 0 Å². The van der Waals surface area contributed by atoms with Gasteiger partial charge in [0, 0.05) is 0 Å². The second kappa shape index (κ2) is 11.6. The van der Waals surface area contributed by atoms with Crippen molar-refractivity contribution in [3.8, 4) is 11.1 Å². The molecule has 0 bridgehead atoms. The molecule has 0 saturated heterocycles. The maximum Gasteiger partial charge on any atom is -1.00 e. The quantitative estimate of drug-likeness (QED) is 0.410. The van der Waals surface area contributed by atoms with Gasteiger partial charge in [-0.05, 0) is 0 Å². The van der Waals surface area contributed by atoms with Gasteiger partial charge in [-0.2, -0.15) is 0 Å². The van der Waals surface area contributed by atoms with Crippen LogP contribution in [0.25, 0.3) is 11.1 Å². The van der Waals surface area contributed by atoms with E-state index >= 15 is 0 Å². The molecule has 3 aliphatic rings. The SMILES string of the molecule is CC1=CC(C)[C]([Zr+2](=[C]2CCCCC2)[c]2c(C(C)(C)C)ccc3c2Cc2cc(C(C)(C)C)ccc2-3)=C1C.[Cl-].[Cl-]. The molecular formula is C35H46Cl2Zr. The summed E-state index contributed by atoms with van der Waals surface area (Å²) in [6.07, 6.45) is 10.7. The topological polar surface area (TPSA) is 0 Å². The molecule has 5 rings (SSSR count). The minimum atomic E-state index is -2.31. The van der Waals surface area contributed by atoms with Crippen LogP contribution in [0, 0.1) is 5.92 Å². The number of benzene rings is 2. The molecular weight excluding hydrogens is 583 g/mol. The van der Waals surface area contributed by atoms with Crippen LogP contribution in [-0.4, -0.2) is 3.21 Å². The summed E-state index contributed by atoms with van der Waals surface area (Å²) in [4.78, 5) is 0. The number of halogens is 2. The van der Waals surface area contributed by atoms with Crippen molar-refractivity contribution in [2.45, 2.75) is 112 Å². The van der Waals surface area contributed by atoms with Gasteiger partial charge in [-0.1, -0.05) is 0 Å². The van der Waals surface area contributed by atoms with Crippen LogP contribution < -0.4 is 28.1 Å². The van der Waals surface area contributed by atoms with Gasteiger partial charge in [0.05, 0.1) is 0 Å². The smallest absolute Gasteiger partial charge is 1.00 e. The summed E-state index contributed by atoms with van der Waals surface area (Å²) >= 11 is -2.31. The molecule has 2 aromatic rings. The molecule has 0 aromatic heterocycles. The monoisotopic (exact) mass is 626 g/mol. The fourth-order valence-electron chi connectivity index (χ4n) is 6.94. The predicted molar refractivity (Wildman–Crippen MR) is 155 cm³/mol. The average Bonchev–Trinajstić information content (AvgIpc) is 3.30. The maximum atomic E-state index is 2.57. The van der Waals surface area contributed by atoms with Crippen molar-refractivity contribution in [1.82, 2.24) is 0 Å². The Hall–Kier alpha value is -0.747. The molecule has 0 heterocycles. The number of hydrogen-bond donors (Lipinski definition) is 0. The summed E-state index contributed by atoms with van der Waals surface area (Å²) in [6.45, 7) is 21.7. The van der Waals surface area contributed by atoms with Crippen molar-refractivity contribution in [3.05, 3.63) is 73.1 Å². The summed E-state index contributed by atoms with van der Waals surface area (Å²) in [5.74, 6) is 0.605. The van der Waals surface area contributed by atoms with Crippen molar-refractivity contribution in [3.63, 3.8) is 0 Å². The van der Waals surface area contributed by atoms with Gasteiger partial charge in [0.1, 0.15) is 0 Å². The Morgan fingerprint density at radius 2 is 1.42 bits per heavy atom. The standard InChI is InChI=1S/C21H25.C8H11.C6H10.2ClH.Zr/c1-20(2,3)16-7-9-18-14(12-16)11-15-13-17(21(4,5)6)8-10-19(15)18;1-6-4-7(2)8(3)5-6;1-2-4-6-5-3-1;;;/h7-10,12H,11H2,1-6H3;4,6H,1-3H3;1-5H2;2*1H;/q;;;;;+2/p-2. The summed E-state index contributed by atoms with van der Waals surface area (Å²) in [5, 5.41) is 0. The largest absolute Gasteiger partial charge is 1.00 e. The van der Waals surface area contributed by atoms with Crippen molar-refractivity contribution >= 4 is 6.48 Å². The van der Waals surface area contributed by atoms with E-state index in [9.17, 15) is 0 Å². The van der Waals surface area contributed by atoms with E-state index in [1.165, 1.54) is 54.4 Å². The van der Waals surface area contributed by atoms with Crippen molar-refractivity contribution < 1.29 is 46.1 Å². The molecule has 0 spiro atoms. The molecule has 0 aliphatic heterocycles. The van der Waals surface area contributed by atoms with Crippen LogP contribution in [0.4, 0.5) is 0 Å². The van der Waals surface area contributed by atoms with Gasteiger partial charge < -0.3 is 24.8 Å². The van der Waals surface area contributed by atoms with Crippen LogP contribution in [-0.2, 0) is 38.5 Å². The molecule has 38 heavy (non-hydrogen) atoms. The van der Waals surface area contributed by atoms with Crippen molar-refractivity contribution in [2.75, 3.05) is 0 Å². The first kappa shape index (κ1) is 31.8. The van der Waals surface area contributed by atoms with Gasteiger partial charge in [0.2, 0.25) is 0 Å². The minimum absolute atomic E-state index is 0. The molecule has 3 heteroatoms.